The molecule has 2 N–H and O–H groups in total. The van der Waals surface area contributed by atoms with E-state index in [1.165, 1.54) is 5.56 Å². The quantitative estimate of drug-likeness (QED) is 0.155. The standard InChI is InChI=1S/C22H40N4O3.HI/c1-6-23-22(24-13-10-14-29-16-15-27-4)25-18-21(26(7-2)8-3)19-11-9-12-20(17-19)28-5;/h9,11-12,17,21H,6-8,10,13-16,18H2,1-5H3,(H2,23,24,25);1H. The van der Waals surface area contributed by atoms with E-state index in [-0.39, 0.29) is 30.0 Å². The second kappa shape index (κ2) is 18.7. The van der Waals surface area contributed by atoms with Crippen LogP contribution < -0.4 is 15.4 Å². The van der Waals surface area contributed by atoms with Gasteiger partial charge in [-0.25, -0.2) is 0 Å². The zero-order valence-corrected chi connectivity index (χ0v) is 21.6. The average Bonchev–Trinajstić information content (AvgIpc) is 2.75. The van der Waals surface area contributed by atoms with Crippen molar-refractivity contribution in [2.75, 3.05) is 66.8 Å². The van der Waals surface area contributed by atoms with Crippen LogP contribution in [0.25, 0.3) is 0 Å². The second-order valence-corrected chi connectivity index (χ2v) is 6.62. The Morgan fingerprint density at radius 3 is 2.47 bits per heavy atom. The molecule has 0 aliphatic heterocycles. The van der Waals surface area contributed by atoms with Crippen molar-refractivity contribution in [2.24, 2.45) is 4.99 Å². The van der Waals surface area contributed by atoms with Crippen LogP contribution in [0, 0.1) is 0 Å². The van der Waals surface area contributed by atoms with Crippen LogP contribution in [0.4, 0.5) is 0 Å². The molecule has 0 saturated heterocycles. The fraction of sp³-hybridized carbons (Fsp3) is 0.682. The molecule has 0 bridgehead atoms. The summed E-state index contributed by atoms with van der Waals surface area (Å²) >= 11 is 0. The Morgan fingerprint density at radius 1 is 1.07 bits per heavy atom. The molecule has 0 heterocycles. The lowest BCUT2D eigenvalue weighted by Gasteiger charge is -2.29. The predicted molar refractivity (Wildman–Crippen MR) is 135 cm³/mol. The van der Waals surface area contributed by atoms with E-state index >= 15 is 0 Å². The Balaban J connectivity index is 0.00000841. The molecule has 174 valence electrons. The minimum atomic E-state index is 0. The molecule has 1 unspecified atom stereocenters. The topological polar surface area (TPSA) is 67.4 Å². The molecule has 0 fully saturated rings. The zero-order valence-electron chi connectivity index (χ0n) is 19.3. The highest BCUT2D eigenvalue weighted by molar-refractivity contribution is 14.0. The van der Waals surface area contributed by atoms with E-state index in [0.29, 0.717) is 26.4 Å². The summed E-state index contributed by atoms with van der Waals surface area (Å²) in [5, 5.41) is 6.73. The second-order valence-electron chi connectivity index (χ2n) is 6.62. The fourth-order valence-corrected chi connectivity index (χ4v) is 3.09. The first kappa shape index (κ1) is 28.9. The van der Waals surface area contributed by atoms with Crippen LogP contribution in [0.1, 0.15) is 38.8 Å². The van der Waals surface area contributed by atoms with Gasteiger partial charge < -0.3 is 24.8 Å². The lowest BCUT2D eigenvalue weighted by Crippen LogP contribution is -2.39. The number of ether oxygens (including phenoxy) is 3. The molecule has 0 amide bonds. The third kappa shape index (κ3) is 11.3. The molecule has 1 rings (SSSR count). The number of methoxy groups -OCH3 is 2. The molecular weight excluding hydrogens is 495 g/mol. The number of halogens is 1. The number of benzene rings is 1. The number of aliphatic imine (C=N–C) groups is 1. The van der Waals surface area contributed by atoms with Gasteiger partial charge in [0.1, 0.15) is 5.75 Å². The molecule has 0 aliphatic carbocycles. The van der Waals surface area contributed by atoms with E-state index in [2.05, 4.69) is 48.4 Å². The first-order chi connectivity index (χ1) is 14.2. The summed E-state index contributed by atoms with van der Waals surface area (Å²) in [6.07, 6.45) is 0.920. The number of nitrogens with one attached hydrogen (secondary N) is 2. The maximum Gasteiger partial charge on any atom is 0.191 e. The summed E-state index contributed by atoms with van der Waals surface area (Å²) in [5.74, 6) is 1.71. The van der Waals surface area contributed by atoms with Crippen molar-refractivity contribution in [1.82, 2.24) is 15.5 Å². The van der Waals surface area contributed by atoms with Gasteiger partial charge in [0, 0.05) is 26.8 Å². The SMILES string of the molecule is CCNC(=NCC(c1cccc(OC)c1)N(CC)CC)NCCCOCCOC.I. The Kier molecular flexibility index (Phi) is 18.0. The van der Waals surface area contributed by atoms with Crippen LogP contribution in [0.15, 0.2) is 29.3 Å². The minimum absolute atomic E-state index is 0. The predicted octanol–water partition coefficient (Wildman–Crippen LogP) is 3.30. The van der Waals surface area contributed by atoms with Gasteiger partial charge in [0.15, 0.2) is 5.96 Å². The van der Waals surface area contributed by atoms with E-state index < -0.39 is 0 Å². The molecular formula is C22H41IN4O3. The Hall–Kier alpha value is -1.10. The van der Waals surface area contributed by atoms with E-state index in [9.17, 15) is 0 Å². The van der Waals surface area contributed by atoms with Gasteiger partial charge in [-0.05, 0) is 44.1 Å². The van der Waals surface area contributed by atoms with Gasteiger partial charge in [0.25, 0.3) is 0 Å². The van der Waals surface area contributed by atoms with Crippen LogP contribution in [0.2, 0.25) is 0 Å². The van der Waals surface area contributed by atoms with Gasteiger partial charge in [-0.1, -0.05) is 26.0 Å². The number of hydrogen-bond acceptors (Lipinski definition) is 5. The Labute approximate surface area is 200 Å². The fourth-order valence-electron chi connectivity index (χ4n) is 3.09. The van der Waals surface area contributed by atoms with Crippen molar-refractivity contribution < 1.29 is 14.2 Å². The van der Waals surface area contributed by atoms with Gasteiger partial charge in [0.2, 0.25) is 0 Å². The molecule has 7 nitrogen and oxygen atoms in total. The van der Waals surface area contributed by atoms with E-state index in [0.717, 1.165) is 44.3 Å². The third-order valence-corrected chi connectivity index (χ3v) is 4.69. The van der Waals surface area contributed by atoms with Crippen molar-refractivity contribution in [3.63, 3.8) is 0 Å². The zero-order chi connectivity index (χ0) is 21.3. The minimum Gasteiger partial charge on any atom is -0.497 e. The summed E-state index contributed by atoms with van der Waals surface area (Å²) in [5.41, 5.74) is 1.22. The Bertz CT molecular complexity index is 571. The molecule has 0 saturated carbocycles. The maximum atomic E-state index is 5.51. The summed E-state index contributed by atoms with van der Waals surface area (Å²) in [4.78, 5) is 7.28. The summed E-state index contributed by atoms with van der Waals surface area (Å²) in [7, 11) is 3.39. The monoisotopic (exact) mass is 536 g/mol. The smallest absolute Gasteiger partial charge is 0.191 e. The van der Waals surface area contributed by atoms with Crippen molar-refractivity contribution in [3.05, 3.63) is 29.8 Å². The molecule has 1 aromatic rings. The summed E-state index contributed by atoms with van der Waals surface area (Å²) < 4.78 is 15.9. The highest BCUT2D eigenvalue weighted by Gasteiger charge is 2.18. The van der Waals surface area contributed by atoms with E-state index in [4.69, 9.17) is 19.2 Å². The molecule has 1 aromatic carbocycles. The molecule has 0 spiro atoms. The van der Waals surface area contributed by atoms with Gasteiger partial charge in [-0.2, -0.15) is 0 Å². The number of rotatable bonds is 15. The van der Waals surface area contributed by atoms with Crippen LogP contribution in [0.3, 0.4) is 0 Å². The molecule has 0 aliphatic rings. The summed E-state index contributed by atoms with van der Waals surface area (Å²) in [6.45, 7) is 12.7. The number of nitrogens with zero attached hydrogens (tertiary/aromatic N) is 2. The van der Waals surface area contributed by atoms with E-state index in [1.54, 1.807) is 14.2 Å². The largest absolute Gasteiger partial charge is 0.497 e. The lowest BCUT2D eigenvalue weighted by atomic mass is 10.0. The van der Waals surface area contributed by atoms with Crippen LogP contribution in [-0.4, -0.2) is 77.6 Å². The molecule has 30 heavy (non-hydrogen) atoms. The van der Waals surface area contributed by atoms with Crippen LogP contribution in [-0.2, 0) is 9.47 Å². The maximum absolute atomic E-state index is 5.51. The number of hydrogen-bond donors (Lipinski definition) is 2. The highest BCUT2D eigenvalue weighted by atomic mass is 127. The number of likely N-dealkylation sites (N-methyl/N-ethyl adjacent to an activating group) is 1. The van der Waals surface area contributed by atoms with Crippen molar-refractivity contribution >= 4 is 29.9 Å². The van der Waals surface area contributed by atoms with Crippen molar-refractivity contribution in [1.29, 1.82) is 0 Å². The first-order valence-electron chi connectivity index (χ1n) is 10.7. The van der Waals surface area contributed by atoms with Crippen LogP contribution in [0.5, 0.6) is 5.75 Å². The van der Waals surface area contributed by atoms with Crippen LogP contribution >= 0.6 is 24.0 Å². The van der Waals surface area contributed by atoms with Gasteiger partial charge in [0.05, 0.1) is 32.9 Å². The molecule has 8 heteroatoms. The normalized spacial score (nSPS) is 12.4. The third-order valence-electron chi connectivity index (χ3n) is 4.69. The lowest BCUT2D eigenvalue weighted by molar-refractivity contribution is 0.0698. The molecule has 0 radical (unpaired) electrons. The first-order valence-corrected chi connectivity index (χ1v) is 10.7. The van der Waals surface area contributed by atoms with Crippen molar-refractivity contribution in [2.45, 2.75) is 33.2 Å². The van der Waals surface area contributed by atoms with Crippen molar-refractivity contribution in [3.8, 4) is 5.75 Å². The average molecular weight is 536 g/mol. The van der Waals surface area contributed by atoms with Gasteiger partial charge >= 0.3 is 0 Å². The summed E-state index contributed by atoms with van der Waals surface area (Å²) in [6, 6.07) is 8.48. The molecule has 0 aromatic heterocycles. The van der Waals surface area contributed by atoms with Gasteiger partial charge in [-0.3, -0.25) is 9.89 Å². The van der Waals surface area contributed by atoms with E-state index in [1.807, 2.05) is 12.1 Å². The molecule has 1 atom stereocenters. The highest BCUT2D eigenvalue weighted by Crippen LogP contribution is 2.24. The number of guanidine groups is 1. The Morgan fingerprint density at radius 2 is 1.83 bits per heavy atom. The van der Waals surface area contributed by atoms with Gasteiger partial charge in [-0.15, -0.1) is 24.0 Å².